The Kier molecular flexibility index (Phi) is 4.49. The number of rotatable bonds is 4. The Balaban J connectivity index is 1.83. The quantitative estimate of drug-likeness (QED) is 0.789. The van der Waals surface area contributed by atoms with Gasteiger partial charge in [0.1, 0.15) is 0 Å². The molecule has 0 aromatic heterocycles. The largest absolute Gasteiger partial charge is 0.296 e. The molecular weight excluding hydrogens is 242 g/mol. The van der Waals surface area contributed by atoms with Crippen LogP contribution in [0.3, 0.4) is 0 Å². The van der Waals surface area contributed by atoms with Crippen molar-refractivity contribution in [3.05, 3.63) is 71.8 Å². The maximum absolute atomic E-state index is 2.67. The van der Waals surface area contributed by atoms with Crippen molar-refractivity contribution in [3.63, 3.8) is 0 Å². The molecule has 0 N–H and O–H groups in total. The Morgan fingerprint density at radius 1 is 0.750 bits per heavy atom. The highest BCUT2D eigenvalue weighted by Crippen LogP contribution is 2.27. The van der Waals surface area contributed by atoms with Crippen molar-refractivity contribution in [2.24, 2.45) is 0 Å². The topological polar surface area (TPSA) is 3.24 Å². The van der Waals surface area contributed by atoms with E-state index in [0.717, 1.165) is 6.42 Å². The standard InChI is InChI=1S/C19H23N/c1-4-10-17(11-5-1)16-19(18-12-6-2-7-13-18)20-14-8-3-9-15-20/h1-2,4-7,10-13,19H,3,8-9,14-16H2. The van der Waals surface area contributed by atoms with Crippen molar-refractivity contribution in [1.29, 1.82) is 0 Å². The zero-order chi connectivity index (χ0) is 13.6. The normalized spacial score (nSPS) is 17.8. The second kappa shape index (κ2) is 6.71. The Hall–Kier alpha value is -1.60. The van der Waals surface area contributed by atoms with Crippen molar-refractivity contribution < 1.29 is 0 Å². The SMILES string of the molecule is c1ccc(CC(c2ccccc2)N2CCCCC2)cc1. The van der Waals surface area contributed by atoms with E-state index in [4.69, 9.17) is 0 Å². The van der Waals surface area contributed by atoms with Crippen LogP contribution in [0.1, 0.15) is 36.4 Å². The van der Waals surface area contributed by atoms with E-state index in [2.05, 4.69) is 65.6 Å². The van der Waals surface area contributed by atoms with Gasteiger partial charge in [-0.25, -0.2) is 0 Å². The van der Waals surface area contributed by atoms with Crippen molar-refractivity contribution >= 4 is 0 Å². The molecule has 1 atom stereocenters. The van der Waals surface area contributed by atoms with E-state index < -0.39 is 0 Å². The van der Waals surface area contributed by atoms with E-state index in [0.29, 0.717) is 6.04 Å². The Morgan fingerprint density at radius 3 is 2.00 bits per heavy atom. The molecule has 1 aliphatic heterocycles. The monoisotopic (exact) mass is 265 g/mol. The Morgan fingerprint density at radius 2 is 1.35 bits per heavy atom. The molecule has 1 saturated heterocycles. The smallest absolute Gasteiger partial charge is 0.0388 e. The van der Waals surface area contributed by atoms with Gasteiger partial charge in [0.15, 0.2) is 0 Å². The molecule has 2 aromatic rings. The first-order chi connectivity index (χ1) is 9.93. The average Bonchev–Trinajstić information content (AvgIpc) is 2.55. The summed E-state index contributed by atoms with van der Waals surface area (Å²) in [5, 5.41) is 0. The lowest BCUT2D eigenvalue weighted by Crippen LogP contribution is -2.34. The summed E-state index contributed by atoms with van der Waals surface area (Å²) in [6, 6.07) is 22.4. The third-order valence-electron chi connectivity index (χ3n) is 4.29. The first kappa shape index (κ1) is 13.4. The van der Waals surface area contributed by atoms with Crippen molar-refractivity contribution in [2.75, 3.05) is 13.1 Å². The second-order valence-corrected chi connectivity index (χ2v) is 5.71. The maximum Gasteiger partial charge on any atom is 0.0388 e. The molecule has 104 valence electrons. The molecule has 3 rings (SSSR count). The lowest BCUT2D eigenvalue weighted by molar-refractivity contribution is 0.162. The molecule has 0 bridgehead atoms. The number of piperidine rings is 1. The summed E-state index contributed by atoms with van der Waals surface area (Å²) in [6.07, 6.45) is 5.20. The molecule has 0 spiro atoms. The molecule has 0 amide bonds. The predicted molar refractivity (Wildman–Crippen MR) is 84.8 cm³/mol. The van der Waals surface area contributed by atoms with Crippen molar-refractivity contribution in [3.8, 4) is 0 Å². The highest BCUT2D eigenvalue weighted by atomic mass is 15.2. The summed E-state index contributed by atoms with van der Waals surface area (Å²) in [5.74, 6) is 0. The number of likely N-dealkylation sites (tertiary alicyclic amines) is 1. The number of hydrogen-bond donors (Lipinski definition) is 0. The summed E-state index contributed by atoms with van der Waals surface area (Å²) >= 11 is 0. The van der Waals surface area contributed by atoms with E-state index >= 15 is 0 Å². The maximum atomic E-state index is 2.67. The van der Waals surface area contributed by atoms with E-state index in [1.807, 2.05) is 0 Å². The number of nitrogens with zero attached hydrogens (tertiary/aromatic N) is 1. The fourth-order valence-corrected chi connectivity index (χ4v) is 3.20. The molecule has 0 aliphatic carbocycles. The first-order valence-corrected chi connectivity index (χ1v) is 7.76. The molecule has 20 heavy (non-hydrogen) atoms. The molecule has 1 nitrogen and oxygen atoms in total. The van der Waals surface area contributed by atoms with E-state index in [9.17, 15) is 0 Å². The van der Waals surface area contributed by atoms with Crippen LogP contribution >= 0.6 is 0 Å². The van der Waals surface area contributed by atoms with Gasteiger partial charge in [-0.1, -0.05) is 67.1 Å². The zero-order valence-electron chi connectivity index (χ0n) is 12.0. The van der Waals surface area contributed by atoms with Crippen LogP contribution in [0.2, 0.25) is 0 Å². The summed E-state index contributed by atoms with van der Waals surface area (Å²) < 4.78 is 0. The summed E-state index contributed by atoms with van der Waals surface area (Å²) in [7, 11) is 0. The molecule has 1 fully saturated rings. The fourth-order valence-electron chi connectivity index (χ4n) is 3.20. The van der Waals surface area contributed by atoms with Crippen LogP contribution < -0.4 is 0 Å². The number of benzene rings is 2. The molecule has 0 saturated carbocycles. The van der Waals surface area contributed by atoms with Crippen molar-refractivity contribution in [2.45, 2.75) is 31.7 Å². The molecule has 0 radical (unpaired) electrons. The molecule has 1 heteroatoms. The highest BCUT2D eigenvalue weighted by Gasteiger charge is 2.22. The van der Waals surface area contributed by atoms with Crippen LogP contribution in [0.5, 0.6) is 0 Å². The van der Waals surface area contributed by atoms with Crippen LogP contribution in [0, 0.1) is 0 Å². The van der Waals surface area contributed by atoms with Gasteiger partial charge in [0.25, 0.3) is 0 Å². The molecule has 1 unspecified atom stereocenters. The average molecular weight is 265 g/mol. The van der Waals surface area contributed by atoms with E-state index in [-0.39, 0.29) is 0 Å². The van der Waals surface area contributed by atoms with Gasteiger partial charge in [-0.15, -0.1) is 0 Å². The molecular formula is C19H23N. The number of hydrogen-bond acceptors (Lipinski definition) is 1. The van der Waals surface area contributed by atoms with Gasteiger partial charge in [-0.05, 0) is 43.5 Å². The van der Waals surface area contributed by atoms with E-state index in [1.165, 1.54) is 43.5 Å². The third kappa shape index (κ3) is 3.29. The molecule has 1 aliphatic rings. The molecule has 1 heterocycles. The summed E-state index contributed by atoms with van der Waals surface area (Å²) in [6.45, 7) is 2.48. The first-order valence-electron chi connectivity index (χ1n) is 7.76. The Labute approximate surface area is 122 Å². The minimum Gasteiger partial charge on any atom is -0.296 e. The van der Waals surface area contributed by atoms with Crippen molar-refractivity contribution in [1.82, 2.24) is 4.90 Å². The van der Waals surface area contributed by atoms with Gasteiger partial charge in [-0.3, -0.25) is 4.90 Å². The van der Waals surface area contributed by atoms with Gasteiger partial charge in [0.05, 0.1) is 0 Å². The van der Waals surface area contributed by atoms with Crippen LogP contribution in [-0.4, -0.2) is 18.0 Å². The highest BCUT2D eigenvalue weighted by molar-refractivity contribution is 5.24. The second-order valence-electron chi connectivity index (χ2n) is 5.71. The fraction of sp³-hybridized carbons (Fsp3) is 0.368. The van der Waals surface area contributed by atoms with Crippen LogP contribution in [0.25, 0.3) is 0 Å². The lowest BCUT2D eigenvalue weighted by atomic mass is 9.95. The molecule has 2 aromatic carbocycles. The Bertz CT molecular complexity index is 500. The van der Waals surface area contributed by atoms with Gasteiger partial charge in [0.2, 0.25) is 0 Å². The van der Waals surface area contributed by atoms with Gasteiger partial charge in [-0.2, -0.15) is 0 Å². The van der Waals surface area contributed by atoms with Crippen LogP contribution in [0.4, 0.5) is 0 Å². The minimum absolute atomic E-state index is 0.527. The van der Waals surface area contributed by atoms with Gasteiger partial charge < -0.3 is 0 Å². The van der Waals surface area contributed by atoms with Gasteiger partial charge in [0, 0.05) is 6.04 Å². The zero-order valence-corrected chi connectivity index (χ0v) is 12.0. The van der Waals surface area contributed by atoms with Crippen LogP contribution in [0.15, 0.2) is 60.7 Å². The third-order valence-corrected chi connectivity index (χ3v) is 4.29. The van der Waals surface area contributed by atoms with E-state index in [1.54, 1.807) is 0 Å². The minimum atomic E-state index is 0.527. The van der Waals surface area contributed by atoms with Gasteiger partial charge >= 0.3 is 0 Å². The lowest BCUT2D eigenvalue weighted by Gasteiger charge is -2.35. The van der Waals surface area contributed by atoms with Crippen LogP contribution in [-0.2, 0) is 6.42 Å². The summed E-state index contributed by atoms with van der Waals surface area (Å²) in [5.41, 5.74) is 2.89. The predicted octanol–water partition coefficient (Wildman–Crippen LogP) is 4.46. The summed E-state index contributed by atoms with van der Waals surface area (Å²) in [4.78, 5) is 2.67.